The average molecular weight is 302 g/mol. The Bertz CT molecular complexity index is 548. The van der Waals surface area contributed by atoms with Crippen molar-refractivity contribution in [1.82, 2.24) is 4.90 Å². The van der Waals surface area contributed by atoms with Crippen LogP contribution in [0.3, 0.4) is 0 Å². The number of morpholine rings is 1. The highest BCUT2D eigenvalue weighted by molar-refractivity contribution is 6.00. The quantitative estimate of drug-likeness (QED) is 0.868. The molecule has 3 rings (SSSR count). The highest BCUT2D eigenvalue weighted by Crippen LogP contribution is 2.25. The molecular formula is C18H26N2O2. The standard InChI is InChI=1S/C18H26N2O2/c1-4-17(20-10-12(2)22-13(3)11-20)18(21)15-5-6-16-14(9-15)7-8-19-16/h5-6,9,12-13,17,19H,4,7-8,10-11H2,1-3H3. The molecule has 1 fully saturated rings. The van der Waals surface area contributed by atoms with E-state index >= 15 is 0 Å². The summed E-state index contributed by atoms with van der Waals surface area (Å²) in [5, 5.41) is 3.35. The van der Waals surface area contributed by atoms with Gasteiger partial charge in [-0.3, -0.25) is 9.69 Å². The van der Waals surface area contributed by atoms with Crippen molar-refractivity contribution in [3.05, 3.63) is 29.3 Å². The van der Waals surface area contributed by atoms with Crippen LogP contribution in [-0.2, 0) is 11.2 Å². The van der Waals surface area contributed by atoms with Gasteiger partial charge in [0.25, 0.3) is 0 Å². The molecule has 3 unspecified atom stereocenters. The smallest absolute Gasteiger partial charge is 0.179 e. The van der Waals surface area contributed by atoms with E-state index in [1.54, 1.807) is 0 Å². The molecule has 0 spiro atoms. The molecule has 0 aliphatic carbocycles. The van der Waals surface area contributed by atoms with E-state index in [-0.39, 0.29) is 24.0 Å². The van der Waals surface area contributed by atoms with Crippen LogP contribution in [0, 0.1) is 0 Å². The summed E-state index contributed by atoms with van der Waals surface area (Å²) >= 11 is 0. The summed E-state index contributed by atoms with van der Waals surface area (Å²) in [4.78, 5) is 15.3. The van der Waals surface area contributed by atoms with Crippen molar-refractivity contribution in [2.75, 3.05) is 25.0 Å². The van der Waals surface area contributed by atoms with Gasteiger partial charge in [0, 0.05) is 30.9 Å². The molecular weight excluding hydrogens is 276 g/mol. The van der Waals surface area contributed by atoms with Crippen molar-refractivity contribution >= 4 is 11.5 Å². The number of benzene rings is 1. The SMILES string of the molecule is CCC(C(=O)c1ccc2c(c1)CCN2)N1CC(C)OC(C)C1. The van der Waals surface area contributed by atoms with Gasteiger partial charge in [0.15, 0.2) is 5.78 Å². The number of ketones is 1. The van der Waals surface area contributed by atoms with E-state index in [2.05, 4.69) is 37.1 Å². The zero-order valence-corrected chi connectivity index (χ0v) is 13.8. The number of fused-ring (bicyclic) bond motifs is 1. The van der Waals surface area contributed by atoms with Gasteiger partial charge in [-0.15, -0.1) is 0 Å². The van der Waals surface area contributed by atoms with E-state index in [1.165, 1.54) is 11.3 Å². The fraction of sp³-hybridized carbons (Fsp3) is 0.611. The number of rotatable bonds is 4. The Labute approximate surface area is 132 Å². The van der Waals surface area contributed by atoms with Crippen LogP contribution >= 0.6 is 0 Å². The molecule has 3 atom stereocenters. The van der Waals surface area contributed by atoms with Crippen LogP contribution in [0.5, 0.6) is 0 Å². The molecule has 1 N–H and O–H groups in total. The summed E-state index contributed by atoms with van der Waals surface area (Å²) in [6.45, 7) is 8.91. The Hall–Kier alpha value is -1.39. The Morgan fingerprint density at radius 1 is 1.36 bits per heavy atom. The summed E-state index contributed by atoms with van der Waals surface area (Å²) in [6, 6.07) is 6.05. The number of ether oxygens (including phenoxy) is 1. The molecule has 120 valence electrons. The zero-order valence-electron chi connectivity index (χ0n) is 13.8. The second kappa shape index (κ2) is 6.39. The van der Waals surface area contributed by atoms with Gasteiger partial charge in [0.2, 0.25) is 0 Å². The fourth-order valence-electron chi connectivity index (χ4n) is 3.73. The van der Waals surface area contributed by atoms with Gasteiger partial charge in [0.1, 0.15) is 0 Å². The minimum Gasteiger partial charge on any atom is -0.384 e. The van der Waals surface area contributed by atoms with Gasteiger partial charge in [-0.25, -0.2) is 0 Å². The molecule has 0 aromatic heterocycles. The van der Waals surface area contributed by atoms with E-state index in [0.717, 1.165) is 38.0 Å². The third-order valence-electron chi connectivity index (χ3n) is 4.68. The number of anilines is 1. The van der Waals surface area contributed by atoms with E-state index in [1.807, 2.05) is 12.1 Å². The van der Waals surface area contributed by atoms with Crippen molar-refractivity contribution in [2.24, 2.45) is 0 Å². The fourth-order valence-corrected chi connectivity index (χ4v) is 3.73. The first-order chi connectivity index (χ1) is 10.6. The molecule has 0 radical (unpaired) electrons. The number of nitrogens with zero attached hydrogens (tertiary/aromatic N) is 1. The second-order valence-electron chi connectivity index (χ2n) is 6.55. The summed E-state index contributed by atoms with van der Waals surface area (Å²) in [6.07, 6.45) is 2.23. The van der Waals surface area contributed by atoms with Gasteiger partial charge in [-0.2, -0.15) is 0 Å². The zero-order chi connectivity index (χ0) is 15.7. The average Bonchev–Trinajstić information content (AvgIpc) is 2.94. The lowest BCUT2D eigenvalue weighted by Gasteiger charge is -2.39. The molecule has 1 saturated heterocycles. The van der Waals surface area contributed by atoms with Crippen LogP contribution < -0.4 is 5.32 Å². The van der Waals surface area contributed by atoms with Crippen molar-refractivity contribution < 1.29 is 9.53 Å². The molecule has 4 heteroatoms. The number of hydrogen-bond donors (Lipinski definition) is 1. The van der Waals surface area contributed by atoms with Crippen LogP contribution in [0.25, 0.3) is 0 Å². The first-order valence-corrected chi connectivity index (χ1v) is 8.39. The summed E-state index contributed by atoms with van der Waals surface area (Å²) in [7, 11) is 0. The number of carbonyl (C=O) groups is 1. The highest BCUT2D eigenvalue weighted by Gasteiger charge is 2.31. The lowest BCUT2D eigenvalue weighted by molar-refractivity contribution is -0.0764. The predicted octanol–water partition coefficient (Wildman–Crippen LogP) is 2.73. The van der Waals surface area contributed by atoms with Gasteiger partial charge in [0.05, 0.1) is 18.2 Å². The summed E-state index contributed by atoms with van der Waals surface area (Å²) in [5.74, 6) is 0.249. The number of hydrogen-bond acceptors (Lipinski definition) is 4. The Morgan fingerprint density at radius 3 is 2.77 bits per heavy atom. The van der Waals surface area contributed by atoms with E-state index in [0.29, 0.717) is 0 Å². The first-order valence-electron chi connectivity index (χ1n) is 8.39. The minimum absolute atomic E-state index is 0.0405. The first kappa shape index (κ1) is 15.5. The highest BCUT2D eigenvalue weighted by atomic mass is 16.5. The molecule has 0 saturated carbocycles. The lowest BCUT2D eigenvalue weighted by Crippen LogP contribution is -2.52. The molecule has 1 aromatic carbocycles. The number of carbonyl (C=O) groups excluding carboxylic acids is 1. The molecule has 22 heavy (non-hydrogen) atoms. The molecule has 0 amide bonds. The maximum Gasteiger partial charge on any atom is 0.179 e. The van der Waals surface area contributed by atoms with Crippen LogP contribution in [0.2, 0.25) is 0 Å². The third kappa shape index (κ3) is 3.03. The summed E-state index contributed by atoms with van der Waals surface area (Å²) < 4.78 is 5.80. The van der Waals surface area contributed by atoms with Gasteiger partial charge in [-0.05, 0) is 50.5 Å². The van der Waals surface area contributed by atoms with Gasteiger partial charge >= 0.3 is 0 Å². The Balaban J connectivity index is 1.79. The molecule has 0 bridgehead atoms. The van der Waals surface area contributed by atoms with E-state index in [9.17, 15) is 4.79 Å². The largest absolute Gasteiger partial charge is 0.384 e. The van der Waals surface area contributed by atoms with E-state index < -0.39 is 0 Å². The second-order valence-corrected chi connectivity index (χ2v) is 6.55. The third-order valence-corrected chi connectivity index (χ3v) is 4.68. The Morgan fingerprint density at radius 2 is 2.09 bits per heavy atom. The van der Waals surface area contributed by atoms with Crippen LogP contribution in [-0.4, -0.2) is 48.6 Å². The number of Topliss-reactive ketones (excluding diaryl/α,β-unsaturated/α-hetero) is 1. The van der Waals surface area contributed by atoms with E-state index in [4.69, 9.17) is 4.74 Å². The maximum absolute atomic E-state index is 13.0. The van der Waals surface area contributed by atoms with Crippen LogP contribution in [0.4, 0.5) is 5.69 Å². The van der Waals surface area contributed by atoms with Crippen molar-refractivity contribution in [3.8, 4) is 0 Å². The predicted molar refractivity (Wildman–Crippen MR) is 88.6 cm³/mol. The van der Waals surface area contributed by atoms with Crippen molar-refractivity contribution in [3.63, 3.8) is 0 Å². The van der Waals surface area contributed by atoms with Gasteiger partial charge < -0.3 is 10.1 Å². The summed E-state index contributed by atoms with van der Waals surface area (Å²) in [5.41, 5.74) is 3.30. The van der Waals surface area contributed by atoms with Crippen LogP contribution in [0.15, 0.2) is 18.2 Å². The van der Waals surface area contributed by atoms with Crippen LogP contribution in [0.1, 0.15) is 43.1 Å². The maximum atomic E-state index is 13.0. The molecule has 2 aliphatic heterocycles. The Kier molecular flexibility index (Phi) is 4.50. The number of nitrogens with one attached hydrogen (secondary N) is 1. The molecule has 1 aromatic rings. The molecule has 2 aliphatic rings. The lowest BCUT2D eigenvalue weighted by atomic mass is 9.97. The molecule has 2 heterocycles. The molecule has 4 nitrogen and oxygen atoms in total. The minimum atomic E-state index is -0.0405. The van der Waals surface area contributed by atoms with Crippen molar-refractivity contribution in [2.45, 2.75) is 51.9 Å². The normalized spacial score (nSPS) is 26.3. The van der Waals surface area contributed by atoms with Gasteiger partial charge in [-0.1, -0.05) is 6.92 Å². The topological polar surface area (TPSA) is 41.6 Å². The van der Waals surface area contributed by atoms with Crippen molar-refractivity contribution in [1.29, 1.82) is 0 Å². The monoisotopic (exact) mass is 302 g/mol.